The van der Waals surface area contributed by atoms with Crippen molar-refractivity contribution in [2.75, 3.05) is 18.5 Å². The molecule has 0 unspecified atom stereocenters. The molecule has 0 aliphatic heterocycles. The minimum atomic E-state index is 0.684. The quantitative estimate of drug-likeness (QED) is 0.686. The normalized spacial score (nSPS) is 10.4. The lowest BCUT2D eigenvalue weighted by molar-refractivity contribution is 0.118. The summed E-state index contributed by atoms with van der Waals surface area (Å²) in [6, 6.07) is 4.06. The topological polar surface area (TPSA) is 34.1 Å². The lowest BCUT2D eigenvalue weighted by Gasteiger charge is -2.07. The highest BCUT2D eigenvalue weighted by atomic mass is 16.5. The van der Waals surface area contributed by atoms with Crippen molar-refractivity contribution in [3.05, 3.63) is 23.9 Å². The number of nitrogens with zero attached hydrogens (tertiary/aromatic N) is 1. The fraction of sp³-hybridized carbons (Fsp3) is 0.615. The average Bonchev–Trinajstić information content (AvgIpc) is 2.33. The van der Waals surface area contributed by atoms with Crippen molar-refractivity contribution in [1.82, 2.24) is 4.98 Å². The molecule has 1 aromatic rings. The Labute approximate surface area is 98.2 Å². The zero-order chi connectivity index (χ0) is 11.6. The molecular weight excluding hydrogens is 200 g/mol. The molecular formula is C13H22N2O. The summed E-state index contributed by atoms with van der Waals surface area (Å²) >= 11 is 0. The van der Waals surface area contributed by atoms with Crippen molar-refractivity contribution in [2.24, 2.45) is 0 Å². The lowest BCUT2D eigenvalue weighted by atomic mass is 10.2. The van der Waals surface area contributed by atoms with Gasteiger partial charge in [0.25, 0.3) is 0 Å². The third kappa shape index (κ3) is 5.12. The van der Waals surface area contributed by atoms with Gasteiger partial charge in [0.15, 0.2) is 0 Å². The van der Waals surface area contributed by atoms with Crippen molar-refractivity contribution in [3.8, 4) is 0 Å². The van der Waals surface area contributed by atoms with Gasteiger partial charge in [-0.15, -0.1) is 0 Å². The van der Waals surface area contributed by atoms with Gasteiger partial charge in [0.2, 0.25) is 0 Å². The molecule has 0 aliphatic carbocycles. The zero-order valence-electron chi connectivity index (χ0n) is 10.3. The maximum absolute atomic E-state index is 5.56. The molecule has 1 heterocycles. The standard InChI is InChI=1S/C13H22N2O/c1-3-5-9-16-11-12-6-8-15-13(10-12)14-7-4-2/h6,8,10H,3-5,7,9,11H2,1-2H3,(H,14,15). The molecule has 3 heteroatoms. The van der Waals surface area contributed by atoms with Gasteiger partial charge in [-0.05, 0) is 30.5 Å². The number of hydrogen-bond donors (Lipinski definition) is 1. The van der Waals surface area contributed by atoms with Gasteiger partial charge in [-0.2, -0.15) is 0 Å². The number of aromatic nitrogens is 1. The first-order valence-corrected chi connectivity index (χ1v) is 6.13. The molecule has 1 N–H and O–H groups in total. The van der Waals surface area contributed by atoms with E-state index in [4.69, 9.17) is 4.74 Å². The first-order chi connectivity index (χ1) is 7.86. The highest BCUT2D eigenvalue weighted by Crippen LogP contribution is 2.08. The van der Waals surface area contributed by atoms with Crippen LogP contribution in [0.25, 0.3) is 0 Å². The molecule has 0 radical (unpaired) electrons. The Morgan fingerprint density at radius 1 is 1.31 bits per heavy atom. The Bertz CT molecular complexity index is 289. The molecule has 16 heavy (non-hydrogen) atoms. The number of anilines is 1. The summed E-state index contributed by atoms with van der Waals surface area (Å²) < 4.78 is 5.56. The first kappa shape index (κ1) is 13.0. The van der Waals surface area contributed by atoms with E-state index in [1.54, 1.807) is 0 Å². The van der Waals surface area contributed by atoms with E-state index in [-0.39, 0.29) is 0 Å². The van der Waals surface area contributed by atoms with E-state index in [1.807, 2.05) is 12.3 Å². The summed E-state index contributed by atoms with van der Waals surface area (Å²) in [6.45, 7) is 6.81. The van der Waals surface area contributed by atoms with Gasteiger partial charge in [0.05, 0.1) is 6.61 Å². The van der Waals surface area contributed by atoms with E-state index in [9.17, 15) is 0 Å². The number of nitrogens with one attached hydrogen (secondary N) is 1. The van der Waals surface area contributed by atoms with Crippen LogP contribution >= 0.6 is 0 Å². The van der Waals surface area contributed by atoms with Crippen LogP contribution in [0.2, 0.25) is 0 Å². The second kappa shape index (κ2) is 8.11. The first-order valence-electron chi connectivity index (χ1n) is 6.13. The van der Waals surface area contributed by atoms with Crippen molar-refractivity contribution < 1.29 is 4.74 Å². The largest absolute Gasteiger partial charge is 0.377 e. The fourth-order valence-electron chi connectivity index (χ4n) is 1.35. The molecule has 0 amide bonds. The third-order valence-electron chi connectivity index (χ3n) is 2.29. The monoisotopic (exact) mass is 222 g/mol. The van der Waals surface area contributed by atoms with Crippen molar-refractivity contribution in [1.29, 1.82) is 0 Å². The van der Waals surface area contributed by atoms with Crippen LogP contribution in [0.5, 0.6) is 0 Å². The van der Waals surface area contributed by atoms with Gasteiger partial charge >= 0.3 is 0 Å². The Hall–Kier alpha value is -1.09. The van der Waals surface area contributed by atoms with Crippen LogP contribution in [-0.4, -0.2) is 18.1 Å². The molecule has 0 fully saturated rings. The second-order valence-electron chi connectivity index (χ2n) is 3.88. The maximum atomic E-state index is 5.56. The predicted octanol–water partition coefficient (Wildman–Crippen LogP) is 3.22. The highest BCUT2D eigenvalue weighted by molar-refractivity contribution is 5.37. The molecule has 90 valence electrons. The number of pyridine rings is 1. The number of rotatable bonds is 8. The summed E-state index contributed by atoms with van der Waals surface area (Å²) in [6.07, 6.45) is 5.25. The molecule has 3 nitrogen and oxygen atoms in total. The van der Waals surface area contributed by atoms with Gasteiger partial charge in [0, 0.05) is 19.3 Å². The molecule has 0 aromatic carbocycles. The van der Waals surface area contributed by atoms with E-state index in [1.165, 1.54) is 12.0 Å². The highest BCUT2D eigenvalue weighted by Gasteiger charge is 1.96. The summed E-state index contributed by atoms with van der Waals surface area (Å²) in [5.74, 6) is 0.943. The van der Waals surface area contributed by atoms with Crippen LogP contribution in [0, 0.1) is 0 Å². The van der Waals surface area contributed by atoms with Crippen molar-refractivity contribution >= 4 is 5.82 Å². The summed E-state index contributed by atoms with van der Waals surface area (Å²) in [7, 11) is 0. The smallest absolute Gasteiger partial charge is 0.126 e. The summed E-state index contributed by atoms with van der Waals surface area (Å²) in [5, 5.41) is 3.27. The molecule has 0 aliphatic rings. The molecule has 1 aromatic heterocycles. The zero-order valence-corrected chi connectivity index (χ0v) is 10.3. The molecule has 0 bridgehead atoms. The lowest BCUT2D eigenvalue weighted by Crippen LogP contribution is -2.03. The Balaban J connectivity index is 2.35. The molecule has 1 rings (SSSR count). The predicted molar refractivity (Wildman–Crippen MR) is 67.6 cm³/mol. The van der Waals surface area contributed by atoms with E-state index >= 15 is 0 Å². The third-order valence-corrected chi connectivity index (χ3v) is 2.29. The van der Waals surface area contributed by atoms with Crippen LogP contribution in [0.3, 0.4) is 0 Å². The van der Waals surface area contributed by atoms with Crippen LogP contribution in [-0.2, 0) is 11.3 Å². The number of unbranched alkanes of at least 4 members (excludes halogenated alkanes) is 1. The molecule has 0 spiro atoms. The van der Waals surface area contributed by atoms with Crippen molar-refractivity contribution in [3.63, 3.8) is 0 Å². The fourth-order valence-corrected chi connectivity index (χ4v) is 1.35. The van der Waals surface area contributed by atoms with Crippen LogP contribution < -0.4 is 5.32 Å². The van der Waals surface area contributed by atoms with E-state index < -0.39 is 0 Å². The minimum Gasteiger partial charge on any atom is -0.377 e. The van der Waals surface area contributed by atoms with Gasteiger partial charge in [-0.25, -0.2) is 4.98 Å². The Kier molecular flexibility index (Phi) is 6.58. The number of hydrogen-bond acceptors (Lipinski definition) is 3. The van der Waals surface area contributed by atoms with E-state index in [0.717, 1.165) is 31.8 Å². The Morgan fingerprint density at radius 3 is 2.94 bits per heavy atom. The van der Waals surface area contributed by atoms with Crippen molar-refractivity contribution in [2.45, 2.75) is 39.7 Å². The van der Waals surface area contributed by atoms with Gasteiger partial charge in [0.1, 0.15) is 5.82 Å². The van der Waals surface area contributed by atoms with Crippen LogP contribution in [0.15, 0.2) is 18.3 Å². The SMILES string of the molecule is CCCCOCc1ccnc(NCCC)c1. The van der Waals surface area contributed by atoms with E-state index in [2.05, 4.69) is 30.2 Å². The average molecular weight is 222 g/mol. The summed E-state index contributed by atoms with van der Waals surface area (Å²) in [5.41, 5.74) is 1.18. The van der Waals surface area contributed by atoms with Crippen LogP contribution in [0.1, 0.15) is 38.7 Å². The Morgan fingerprint density at radius 2 is 2.19 bits per heavy atom. The summed E-state index contributed by atoms with van der Waals surface area (Å²) in [4.78, 5) is 4.25. The van der Waals surface area contributed by atoms with E-state index in [0.29, 0.717) is 6.61 Å². The molecule has 0 saturated carbocycles. The van der Waals surface area contributed by atoms with Gasteiger partial charge in [-0.1, -0.05) is 20.3 Å². The number of ether oxygens (including phenoxy) is 1. The van der Waals surface area contributed by atoms with Gasteiger partial charge in [-0.3, -0.25) is 0 Å². The van der Waals surface area contributed by atoms with Gasteiger partial charge < -0.3 is 10.1 Å². The van der Waals surface area contributed by atoms with Crippen LogP contribution in [0.4, 0.5) is 5.82 Å². The second-order valence-corrected chi connectivity index (χ2v) is 3.88. The minimum absolute atomic E-state index is 0.684. The molecule has 0 saturated heterocycles. The molecule has 0 atom stereocenters. The maximum Gasteiger partial charge on any atom is 0.126 e.